The van der Waals surface area contributed by atoms with Gasteiger partial charge in [-0.2, -0.15) is 0 Å². The van der Waals surface area contributed by atoms with Gasteiger partial charge in [-0.15, -0.1) is 10.2 Å². The standard InChI is InChI=1S/C20H21FN4OS2/c1-12-6-4-5-7-17(12)23-19-24-25-20(28-19)27-14(3)18(26)22-13(2)15-8-10-16(21)11-9-15/h4-11,13-14H,1-3H3,(H,22,26)(H,23,24)/t13-,14-/m1/s1. The minimum Gasteiger partial charge on any atom is -0.349 e. The average Bonchev–Trinajstić information content (AvgIpc) is 3.11. The fraction of sp³-hybridized carbons (Fsp3) is 0.250. The van der Waals surface area contributed by atoms with Crippen molar-refractivity contribution < 1.29 is 9.18 Å². The number of hydrogen-bond acceptors (Lipinski definition) is 6. The van der Waals surface area contributed by atoms with Crippen molar-refractivity contribution in [3.8, 4) is 0 Å². The number of nitrogens with one attached hydrogen (secondary N) is 2. The molecule has 0 bridgehead atoms. The number of aryl methyl sites for hydroxylation is 1. The van der Waals surface area contributed by atoms with Crippen molar-refractivity contribution in [3.05, 3.63) is 65.5 Å². The van der Waals surface area contributed by atoms with Crippen molar-refractivity contribution in [2.24, 2.45) is 0 Å². The molecule has 1 heterocycles. The van der Waals surface area contributed by atoms with E-state index in [0.717, 1.165) is 16.8 Å². The Morgan fingerprint density at radius 2 is 1.82 bits per heavy atom. The first-order valence-electron chi connectivity index (χ1n) is 8.81. The highest BCUT2D eigenvalue weighted by Crippen LogP contribution is 2.31. The smallest absolute Gasteiger partial charge is 0.233 e. The molecule has 3 rings (SSSR count). The summed E-state index contributed by atoms with van der Waals surface area (Å²) in [5, 5.41) is 14.9. The molecule has 2 aromatic carbocycles. The molecule has 3 aromatic rings. The van der Waals surface area contributed by atoms with E-state index in [1.54, 1.807) is 12.1 Å². The zero-order valence-electron chi connectivity index (χ0n) is 15.8. The number of amides is 1. The molecule has 146 valence electrons. The molecule has 0 unspecified atom stereocenters. The van der Waals surface area contributed by atoms with E-state index in [2.05, 4.69) is 20.8 Å². The Bertz CT molecular complexity index is 945. The summed E-state index contributed by atoms with van der Waals surface area (Å²) in [6.07, 6.45) is 0. The summed E-state index contributed by atoms with van der Waals surface area (Å²) >= 11 is 2.77. The van der Waals surface area contributed by atoms with Crippen molar-refractivity contribution >= 4 is 39.8 Å². The van der Waals surface area contributed by atoms with Crippen LogP contribution in [0.3, 0.4) is 0 Å². The second-order valence-electron chi connectivity index (χ2n) is 6.35. The van der Waals surface area contributed by atoms with Gasteiger partial charge < -0.3 is 10.6 Å². The number of hydrogen-bond donors (Lipinski definition) is 2. The molecule has 2 N–H and O–H groups in total. The number of aromatic nitrogens is 2. The number of para-hydroxylation sites is 1. The van der Waals surface area contributed by atoms with E-state index in [-0.39, 0.29) is 23.0 Å². The third-order valence-electron chi connectivity index (χ3n) is 4.17. The molecule has 0 radical (unpaired) electrons. The monoisotopic (exact) mass is 416 g/mol. The van der Waals surface area contributed by atoms with Crippen molar-refractivity contribution in [3.63, 3.8) is 0 Å². The summed E-state index contributed by atoms with van der Waals surface area (Å²) < 4.78 is 13.8. The SMILES string of the molecule is Cc1ccccc1Nc1nnc(S[C@H](C)C(=O)N[C@H](C)c2ccc(F)cc2)s1. The topological polar surface area (TPSA) is 66.9 Å². The van der Waals surface area contributed by atoms with Gasteiger partial charge in [-0.25, -0.2) is 4.39 Å². The largest absolute Gasteiger partial charge is 0.349 e. The third-order valence-corrected chi connectivity index (χ3v) is 6.19. The molecule has 1 aromatic heterocycles. The normalized spacial score (nSPS) is 13.0. The number of thioether (sulfide) groups is 1. The lowest BCUT2D eigenvalue weighted by atomic mass is 10.1. The van der Waals surface area contributed by atoms with Gasteiger partial charge in [0.15, 0.2) is 4.34 Å². The van der Waals surface area contributed by atoms with Gasteiger partial charge in [-0.3, -0.25) is 4.79 Å². The Morgan fingerprint density at radius 1 is 1.11 bits per heavy atom. The summed E-state index contributed by atoms with van der Waals surface area (Å²) in [4.78, 5) is 12.5. The van der Waals surface area contributed by atoms with Crippen LogP contribution in [-0.2, 0) is 4.79 Å². The van der Waals surface area contributed by atoms with Gasteiger partial charge in [-0.05, 0) is 50.1 Å². The van der Waals surface area contributed by atoms with E-state index in [1.165, 1.54) is 35.2 Å². The molecule has 2 atom stereocenters. The number of carbonyl (C=O) groups is 1. The van der Waals surface area contributed by atoms with E-state index in [4.69, 9.17) is 0 Å². The first kappa shape index (κ1) is 20.3. The zero-order valence-corrected chi connectivity index (χ0v) is 17.4. The van der Waals surface area contributed by atoms with E-state index in [1.807, 2.05) is 45.0 Å². The van der Waals surface area contributed by atoms with Gasteiger partial charge in [0.1, 0.15) is 5.82 Å². The van der Waals surface area contributed by atoms with Crippen LogP contribution in [0.2, 0.25) is 0 Å². The number of nitrogens with zero attached hydrogens (tertiary/aromatic N) is 2. The number of rotatable bonds is 7. The van der Waals surface area contributed by atoms with Crippen LogP contribution >= 0.6 is 23.1 Å². The fourth-order valence-electron chi connectivity index (χ4n) is 2.51. The summed E-state index contributed by atoms with van der Waals surface area (Å²) in [6.45, 7) is 5.72. The van der Waals surface area contributed by atoms with Gasteiger partial charge in [0, 0.05) is 5.69 Å². The summed E-state index contributed by atoms with van der Waals surface area (Å²) in [5.74, 6) is -0.400. The molecular formula is C20H21FN4OS2. The van der Waals surface area contributed by atoms with Gasteiger partial charge in [0.05, 0.1) is 11.3 Å². The molecule has 28 heavy (non-hydrogen) atoms. The molecule has 0 fully saturated rings. The van der Waals surface area contributed by atoms with E-state index < -0.39 is 0 Å². The number of carbonyl (C=O) groups excluding carboxylic acids is 1. The molecule has 0 aliphatic rings. The van der Waals surface area contributed by atoms with Crippen molar-refractivity contribution in [1.29, 1.82) is 0 Å². The quantitative estimate of drug-likeness (QED) is 0.525. The highest BCUT2D eigenvalue weighted by molar-refractivity contribution is 8.02. The predicted molar refractivity (Wildman–Crippen MR) is 113 cm³/mol. The first-order chi connectivity index (χ1) is 13.4. The first-order valence-corrected chi connectivity index (χ1v) is 10.5. The van der Waals surface area contributed by atoms with Gasteiger partial charge in [0.25, 0.3) is 0 Å². The summed E-state index contributed by atoms with van der Waals surface area (Å²) in [5.41, 5.74) is 2.95. The summed E-state index contributed by atoms with van der Waals surface area (Å²) in [6, 6.07) is 13.9. The molecule has 0 aliphatic heterocycles. The Kier molecular flexibility index (Phi) is 6.64. The molecular weight excluding hydrogens is 395 g/mol. The molecule has 0 saturated heterocycles. The molecule has 8 heteroatoms. The van der Waals surface area contributed by atoms with Gasteiger partial charge in [-0.1, -0.05) is 53.4 Å². The number of halogens is 1. The maximum Gasteiger partial charge on any atom is 0.233 e. The Balaban J connectivity index is 1.56. The molecule has 1 amide bonds. The minimum atomic E-state index is -0.331. The Morgan fingerprint density at radius 3 is 2.54 bits per heavy atom. The van der Waals surface area contributed by atoms with Crippen LogP contribution in [-0.4, -0.2) is 21.4 Å². The second-order valence-corrected chi connectivity index (χ2v) is 8.92. The summed E-state index contributed by atoms with van der Waals surface area (Å²) in [7, 11) is 0. The van der Waals surface area contributed by atoms with Crippen LogP contribution in [0.25, 0.3) is 0 Å². The van der Waals surface area contributed by atoms with Crippen LogP contribution in [0.5, 0.6) is 0 Å². The Labute approximate surface area is 171 Å². The molecule has 5 nitrogen and oxygen atoms in total. The minimum absolute atomic E-state index is 0.106. The fourth-order valence-corrected chi connectivity index (χ4v) is 4.42. The van der Waals surface area contributed by atoms with Crippen LogP contribution in [0, 0.1) is 12.7 Å². The van der Waals surface area contributed by atoms with Crippen LogP contribution in [0.15, 0.2) is 52.9 Å². The second kappa shape index (κ2) is 9.16. The lowest BCUT2D eigenvalue weighted by molar-refractivity contribution is -0.120. The molecule has 0 aliphatic carbocycles. The van der Waals surface area contributed by atoms with E-state index in [9.17, 15) is 9.18 Å². The van der Waals surface area contributed by atoms with Crippen LogP contribution < -0.4 is 10.6 Å². The lowest BCUT2D eigenvalue weighted by Crippen LogP contribution is -2.33. The Hall–Kier alpha value is -2.45. The molecule has 0 spiro atoms. The van der Waals surface area contributed by atoms with E-state index in [0.29, 0.717) is 9.47 Å². The maximum atomic E-state index is 13.0. The zero-order chi connectivity index (χ0) is 20.1. The van der Waals surface area contributed by atoms with Crippen molar-refractivity contribution in [2.75, 3.05) is 5.32 Å². The van der Waals surface area contributed by atoms with Crippen molar-refractivity contribution in [1.82, 2.24) is 15.5 Å². The van der Waals surface area contributed by atoms with Gasteiger partial charge in [0.2, 0.25) is 11.0 Å². The van der Waals surface area contributed by atoms with Crippen LogP contribution in [0.1, 0.15) is 31.0 Å². The van der Waals surface area contributed by atoms with Gasteiger partial charge >= 0.3 is 0 Å². The van der Waals surface area contributed by atoms with Crippen molar-refractivity contribution in [2.45, 2.75) is 36.4 Å². The predicted octanol–water partition coefficient (Wildman–Crippen LogP) is 5.09. The molecule has 0 saturated carbocycles. The van der Waals surface area contributed by atoms with Crippen LogP contribution in [0.4, 0.5) is 15.2 Å². The highest BCUT2D eigenvalue weighted by atomic mass is 32.2. The maximum absolute atomic E-state index is 13.0. The lowest BCUT2D eigenvalue weighted by Gasteiger charge is -2.17. The van der Waals surface area contributed by atoms with E-state index >= 15 is 0 Å². The number of benzene rings is 2. The highest BCUT2D eigenvalue weighted by Gasteiger charge is 2.19. The average molecular weight is 417 g/mol. The number of anilines is 2. The third kappa shape index (κ3) is 5.30.